The van der Waals surface area contributed by atoms with Crippen LogP contribution < -0.4 is 5.73 Å². The summed E-state index contributed by atoms with van der Waals surface area (Å²) in [6, 6.07) is 10.2. The minimum atomic E-state index is -0.418. The van der Waals surface area contributed by atoms with Crippen LogP contribution in [-0.2, 0) is 11.2 Å². The molecule has 1 heterocycles. The molecule has 1 aliphatic heterocycles. The molecule has 1 fully saturated rings. The molecule has 20 heavy (non-hydrogen) atoms. The Hall–Kier alpha value is -1.61. The number of benzene rings is 1. The summed E-state index contributed by atoms with van der Waals surface area (Å²) in [6.07, 6.45) is 5.53. The van der Waals surface area contributed by atoms with Gasteiger partial charge in [-0.3, -0.25) is 4.79 Å². The molecule has 0 aromatic heterocycles. The first-order valence-corrected chi connectivity index (χ1v) is 7.40. The first kappa shape index (κ1) is 14.8. The second-order valence-corrected chi connectivity index (χ2v) is 5.59. The van der Waals surface area contributed by atoms with Gasteiger partial charge in [0.25, 0.3) is 0 Å². The van der Waals surface area contributed by atoms with Gasteiger partial charge < -0.3 is 10.6 Å². The van der Waals surface area contributed by atoms with Gasteiger partial charge in [-0.2, -0.15) is 0 Å². The van der Waals surface area contributed by atoms with Crippen LogP contribution in [0.25, 0.3) is 0 Å². The Morgan fingerprint density at radius 3 is 2.60 bits per heavy atom. The lowest BCUT2D eigenvalue weighted by Gasteiger charge is -2.33. The topological polar surface area (TPSA) is 46.3 Å². The fourth-order valence-electron chi connectivity index (χ4n) is 2.82. The highest BCUT2D eigenvalue weighted by Crippen LogP contribution is 2.22. The largest absolute Gasteiger partial charge is 0.341 e. The average molecular weight is 272 g/mol. The molecule has 0 aliphatic carbocycles. The summed E-state index contributed by atoms with van der Waals surface area (Å²) < 4.78 is 0. The van der Waals surface area contributed by atoms with Crippen molar-refractivity contribution in [3.63, 3.8) is 0 Å². The summed E-state index contributed by atoms with van der Waals surface area (Å²) in [5.41, 5.74) is 7.24. The average Bonchev–Trinajstić information content (AvgIpc) is 2.48. The number of likely N-dealkylation sites (tertiary alicyclic amines) is 1. The Morgan fingerprint density at radius 1 is 1.35 bits per heavy atom. The minimum absolute atomic E-state index is 0.0723. The highest BCUT2D eigenvalue weighted by molar-refractivity contribution is 5.81. The highest BCUT2D eigenvalue weighted by Gasteiger charge is 2.25. The maximum Gasteiger partial charge on any atom is 0.239 e. The van der Waals surface area contributed by atoms with Crippen LogP contribution in [0.5, 0.6) is 0 Å². The lowest BCUT2D eigenvalue weighted by atomic mass is 9.90. The Kier molecular flexibility index (Phi) is 5.36. The molecule has 1 aromatic carbocycles. The van der Waals surface area contributed by atoms with Gasteiger partial charge in [0.05, 0.1) is 6.04 Å². The van der Waals surface area contributed by atoms with Gasteiger partial charge in [0, 0.05) is 13.1 Å². The van der Waals surface area contributed by atoms with Gasteiger partial charge in [0.1, 0.15) is 0 Å². The van der Waals surface area contributed by atoms with Crippen LogP contribution in [0.3, 0.4) is 0 Å². The van der Waals surface area contributed by atoms with Gasteiger partial charge in [-0.15, -0.1) is 6.58 Å². The van der Waals surface area contributed by atoms with E-state index in [0.29, 0.717) is 12.3 Å². The first-order chi connectivity index (χ1) is 9.70. The van der Waals surface area contributed by atoms with Gasteiger partial charge in [0.15, 0.2) is 0 Å². The second-order valence-electron chi connectivity index (χ2n) is 5.59. The number of nitrogens with zero attached hydrogens (tertiary/aromatic N) is 1. The Morgan fingerprint density at radius 2 is 2.00 bits per heavy atom. The molecule has 1 saturated heterocycles. The molecule has 2 N–H and O–H groups in total. The molecule has 0 bridgehead atoms. The summed E-state index contributed by atoms with van der Waals surface area (Å²) >= 11 is 0. The third-order valence-corrected chi connectivity index (χ3v) is 4.03. The quantitative estimate of drug-likeness (QED) is 0.836. The molecule has 0 radical (unpaired) electrons. The zero-order valence-electron chi connectivity index (χ0n) is 12.0. The molecule has 1 amide bonds. The van der Waals surface area contributed by atoms with Gasteiger partial charge in [-0.25, -0.2) is 0 Å². The van der Waals surface area contributed by atoms with E-state index in [4.69, 9.17) is 5.73 Å². The summed E-state index contributed by atoms with van der Waals surface area (Å²) in [5.74, 6) is 0.750. The van der Waals surface area contributed by atoms with Crippen molar-refractivity contribution in [2.24, 2.45) is 11.7 Å². The molecule has 3 nitrogen and oxygen atoms in total. The van der Waals surface area contributed by atoms with E-state index in [9.17, 15) is 4.79 Å². The SMILES string of the molecule is C=CCC(N)C(=O)N1CCC(Cc2ccccc2)CC1. The van der Waals surface area contributed by atoms with Crippen LogP contribution in [0.15, 0.2) is 43.0 Å². The van der Waals surface area contributed by atoms with Crippen molar-refractivity contribution in [3.05, 3.63) is 48.6 Å². The Labute approximate surface area is 121 Å². The summed E-state index contributed by atoms with van der Waals surface area (Å²) in [4.78, 5) is 14.0. The predicted octanol–water partition coefficient (Wildman–Crippen LogP) is 2.37. The number of piperidine rings is 1. The third kappa shape index (κ3) is 3.94. The maximum atomic E-state index is 12.1. The smallest absolute Gasteiger partial charge is 0.239 e. The highest BCUT2D eigenvalue weighted by atomic mass is 16.2. The summed E-state index contributed by atoms with van der Waals surface area (Å²) in [7, 11) is 0. The minimum Gasteiger partial charge on any atom is -0.341 e. The van der Waals surface area contributed by atoms with Crippen molar-refractivity contribution in [3.8, 4) is 0 Å². The van der Waals surface area contributed by atoms with E-state index in [1.165, 1.54) is 5.56 Å². The molecule has 1 unspecified atom stereocenters. The molecule has 1 aromatic rings. The zero-order valence-corrected chi connectivity index (χ0v) is 12.0. The third-order valence-electron chi connectivity index (χ3n) is 4.03. The van der Waals surface area contributed by atoms with E-state index in [2.05, 4.69) is 30.8 Å². The fourth-order valence-corrected chi connectivity index (χ4v) is 2.82. The number of hydrogen-bond donors (Lipinski definition) is 1. The first-order valence-electron chi connectivity index (χ1n) is 7.40. The second kappa shape index (κ2) is 7.25. The van der Waals surface area contributed by atoms with E-state index in [-0.39, 0.29) is 5.91 Å². The molecule has 108 valence electrons. The number of hydrogen-bond acceptors (Lipinski definition) is 2. The van der Waals surface area contributed by atoms with E-state index in [1.807, 2.05) is 11.0 Å². The Bertz CT molecular complexity index is 436. The number of nitrogens with two attached hydrogens (primary N) is 1. The van der Waals surface area contributed by atoms with Crippen LogP contribution in [-0.4, -0.2) is 29.9 Å². The van der Waals surface area contributed by atoms with Crippen LogP contribution in [0, 0.1) is 5.92 Å². The van der Waals surface area contributed by atoms with Crippen LogP contribution in [0.4, 0.5) is 0 Å². The van der Waals surface area contributed by atoms with Gasteiger partial charge >= 0.3 is 0 Å². The molecule has 1 atom stereocenters. The molecular weight excluding hydrogens is 248 g/mol. The Balaban J connectivity index is 1.80. The van der Waals surface area contributed by atoms with Gasteiger partial charge in [-0.1, -0.05) is 36.4 Å². The van der Waals surface area contributed by atoms with E-state index in [1.54, 1.807) is 6.08 Å². The van der Waals surface area contributed by atoms with Gasteiger partial charge in [0.2, 0.25) is 5.91 Å². The van der Waals surface area contributed by atoms with E-state index < -0.39 is 6.04 Å². The van der Waals surface area contributed by atoms with Crippen molar-refractivity contribution in [1.29, 1.82) is 0 Å². The van der Waals surface area contributed by atoms with Crippen molar-refractivity contribution in [1.82, 2.24) is 4.90 Å². The van der Waals surface area contributed by atoms with E-state index in [0.717, 1.165) is 32.4 Å². The van der Waals surface area contributed by atoms with Crippen molar-refractivity contribution in [2.75, 3.05) is 13.1 Å². The molecule has 3 heteroatoms. The molecule has 1 aliphatic rings. The molecular formula is C17H24N2O. The lowest BCUT2D eigenvalue weighted by molar-refractivity contribution is -0.133. The summed E-state index contributed by atoms with van der Waals surface area (Å²) in [5, 5.41) is 0. The molecule has 0 saturated carbocycles. The standard InChI is InChI=1S/C17H24N2O/c1-2-6-16(18)17(20)19-11-9-15(10-12-19)13-14-7-4-3-5-8-14/h2-5,7-8,15-16H,1,6,9-13,18H2. The number of rotatable bonds is 5. The van der Waals surface area contributed by atoms with Crippen molar-refractivity contribution < 1.29 is 4.79 Å². The normalized spacial score (nSPS) is 17.8. The maximum absolute atomic E-state index is 12.1. The van der Waals surface area contributed by atoms with E-state index >= 15 is 0 Å². The van der Waals surface area contributed by atoms with Gasteiger partial charge in [-0.05, 0) is 37.2 Å². The molecule has 0 spiro atoms. The number of amides is 1. The van der Waals surface area contributed by atoms with Crippen molar-refractivity contribution >= 4 is 5.91 Å². The number of carbonyl (C=O) groups is 1. The zero-order chi connectivity index (χ0) is 14.4. The van der Waals surface area contributed by atoms with Crippen LogP contribution in [0.1, 0.15) is 24.8 Å². The monoisotopic (exact) mass is 272 g/mol. The number of carbonyl (C=O) groups excluding carboxylic acids is 1. The fraction of sp³-hybridized carbons (Fsp3) is 0.471. The lowest BCUT2D eigenvalue weighted by Crippen LogP contribution is -2.47. The van der Waals surface area contributed by atoms with Crippen LogP contribution in [0.2, 0.25) is 0 Å². The predicted molar refractivity (Wildman–Crippen MR) is 82.2 cm³/mol. The van der Waals surface area contributed by atoms with Crippen LogP contribution >= 0.6 is 0 Å². The molecule has 2 rings (SSSR count). The summed E-state index contributed by atoms with van der Waals surface area (Å²) in [6.45, 7) is 5.31. The van der Waals surface area contributed by atoms with Crippen molar-refractivity contribution in [2.45, 2.75) is 31.7 Å².